The summed E-state index contributed by atoms with van der Waals surface area (Å²) in [7, 11) is 0. The molecule has 3 aromatic rings. The molecule has 4 heterocycles. The van der Waals surface area contributed by atoms with Gasteiger partial charge in [0, 0.05) is 12.1 Å². The third kappa shape index (κ3) is 4.54. The van der Waals surface area contributed by atoms with Gasteiger partial charge in [0.2, 0.25) is 0 Å². The number of rotatable bonds is 5. The second-order valence-electron chi connectivity index (χ2n) is 7.26. The Labute approximate surface area is 192 Å². The molecule has 0 saturated carbocycles. The quantitative estimate of drug-likeness (QED) is 0.436. The molecule has 12 heteroatoms. The Morgan fingerprint density at radius 2 is 1.97 bits per heavy atom. The summed E-state index contributed by atoms with van der Waals surface area (Å²) in [6.07, 6.45) is -1.97. The van der Waals surface area contributed by atoms with Crippen LogP contribution in [0.3, 0.4) is 0 Å². The van der Waals surface area contributed by atoms with E-state index >= 15 is 0 Å². The number of phenols is 1. The molecule has 2 aromatic heterocycles. The molecule has 0 aliphatic carbocycles. The van der Waals surface area contributed by atoms with E-state index < -0.39 is 41.8 Å². The van der Waals surface area contributed by atoms with Gasteiger partial charge in [0.25, 0.3) is 6.01 Å². The number of benzene rings is 1. The fourth-order valence-corrected chi connectivity index (χ4v) is 3.90. The van der Waals surface area contributed by atoms with Crippen LogP contribution in [-0.2, 0) is 16.0 Å². The zero-order valence-corrected chi connectivity index (χ0v) is 18.6. The van der Waals surface area contributed by atoms with Crippen molar-refractivity contribution in [1.82, 2.24) is 15.0 Å². The lowest BCUT2D eigenvalue weighted by Crippen LogP contribution is -2.34. The molecule has 2 aliphatic heterocycles. The number of fused-ring (bicyclic) bond motifs is 2. The molecule has 0 radical (unpaired) electrons. The highest BCUT2D eigenvalue weighted by molar-refractivity contribution is 6.33. The number of phenolic OH excluding ortho intramolecular Hbond substituents is 1. The van der Waals surface area contributed by atoms with Gasteiger partial charge in [-0.2, -0.15) is 4.98 Å². The normalized spacial score (nSPS) is 23.8. The van der Waals surface area contributed by atoms with Crippen molar-refractivity contribution in [2.45, 2.75) is 44.8 Å². The molecular formula is C21H23ClF2N4O5. The van der Waals surface area contributed by atoms with Crippen molar-refractivity contribution in [3.8, 4) is 11.8 Å². The summed E-state index contributed by atoms with van der Waals surface area (Å²) in [5.41, 5.74) is 0.406. The van der Waals surface area contributed by atoms with Gasteiger partial charge in [-0.1, -0.05) is 25.4 Å². The summed E-state index contributed by atoms with van der Waals surface area (Å²) in [5, 5.41) is 22.2. The van der Waals surface area contributed by atoms with Crippen LogP contribution in [0.4, 0.5) is 14.6 Å². The van der Waals surface area contributed by atoms with Crippen molar-refractivity contribution in [2.75, 3.05) is 18.5 Å². The number of aromatic nitrogens is 3. The van der Waals surface area contributed by atoms with E-state index in [1.165, 1.54) is 0 Å². The second kappa shape index (κ2) is 9.64. The largest absolute Gasteiger partial charge is 0.505 e. The lowest BCUT2D eigenvalue weighted by Gasteiger charge is -2.15. The average Bonchev–Trinajstić information content (AvgIpc) is 3.49. The SMILES string of the molecule is CC.Oc1ccc(F)c(CNc2nc3nc(O[C@@H]4CO[C@H]5[C@@H]4OC[C@H]5O)[nH]c3cc2Cl)c1F. The summed E-state index contributed by atoms with van der Waals surface area (Å²) in [4.78, 5) is 11.5. The monoisotopic (exact) mass is 484 g/mol. The number of pyridine rings is 1. The van der Waals surface area contributed by atoms with Gasteiger partial charge in [-0.05, 0) is 18.2 Å². The molecule has 5 rings (SSSR count). The van der Waals surface area contributed by atoms with Crippen LogP contribution in [0, 0.1) is 11.6 Å². The molecule has 2 saturated heterocycles. The molecule has 4 atom stereocenters. The molecule has 4 N–H and O–H groups in total. The van der Waals surface area contributed by atoms with Crippen LogP contribution in [0.5, 0.6) is 11.8 Å². The number of aromatic amines is 1. The van der Waals surface area contributed by atoms with Crippen molar-refractivity contribution in [3.63, 3.8) is 0 Å². The first-order valence-corrected chi connectivity index (χ1v) is 10.8. The van der Waals surface area contributed by atoms with Crippen molar-refractivity contribution < 1.29 is 33.2 Å². The summed E-state index contributed by atoms with van der Waals surface area (Å²) < 4.78 is 44.7. The molecule has 2 fully saturated rings. The maximum Gasteiger partial charge on any atom is 0.296 e. The fourth-order valence-electron chi connectivity index (χ4n) is 3.68. The van der Waals surface area contributed by atoms with Crippen molar-refractivity contribution >= 4 is 28.6 Å². The minimum atomic E-state index is -1.06. The topological polar surface area (TPSA) is 122 Å². The van der Waals surface area contributed by atoms with E-state index in [4.69, 9.17) is 25.8 Å². The van der Waals surface area contributed by atoms with Gasteiger partial charge < -0.3 is 34.7 Å². The molecule has 0 spiro atoms. The number of aromatic hydroxyl groups is 1. The van der Waals surface area contributed by atoms with E-state index in [-0.39, 0.29) is 47.8 Å². The Balaban J connectivity index is 0.00000126. The highest BCUT2D eigenvalue weighted by Crippen LogP contribution is 2.31. The van der Waals surface area contributed by atoms with E-state index in [2.05, 4.69) is 20.3 Å². The molecule has 9 nitrogen and oxygen atoms in total. The number of aliphatic hydroxyl groups excluding tert-OH is 1. The van der Waals surface area contributed by atoms with E-state index in [1.807, 2.05) is 13.8 Å². The summed E-state index contributed by atoms with van der Waals surface area (Å²) in [6.45, 7) is 4.13. The maximum absolute atomic E-state index is 14.0. The predicted octanol–water partition coefficient (Wildman–Crippen LogP) is 3.14. The van der Waals surface area contributed by atoms with Gasteiger partial charge in [-0.25, -0.2) is 13.8 Å². The molecule has 0 unspecified atom stereocenters. The Hall–Kier alpha value is -2.73. The first-order valence-electron chi connectivity index (χ1n) is 10.4. The standard InChI is InChI=1S/C19H17ClF2N4O5.C2H6/c20-8-3-10-18(25-17(8)23-4-7-9(21)1-2-11(27)14(7)22)26-19(24-10)31-13-6-30-15-12(28)5-29-16(13)15;1-2/h1-3,12-13,15-16,27-28H,4-6H2,(H2,23,24,25,26);1-2H3/t12-,13-,15-,16-;/m1./s1. The lowest BCUT2D eigenvalue weighted by atomic mass is 10.1. The fraction of sp³-hybridized carbons (Fsp3) is 0.429. The zero-order chi connectivity index (χ0) is 23.7. The van der Waals surface area contributed by atoms with Gasteiger partial charge in [-0.15, -0.1) is 0 Å². The molecule has 2 aliphatic rings. The molecular weight excluding hydrogens is 462 g/mol. The van der Waals surface area contributed by atoms with Crippen LogP contribution >= 0.6 is 11.6 Å². The van der Waals surface area contributed by atoms with Gasteiger partial charge in [0.05, 0.1) is 23.8 Å². The first kappa shape index (κ1) is 23.4. The lowest BCUT2D eigenvalue weighted by molar-refractivity contribution is 0.00706. The van der Waals surface area contributed by atoms with Crippen molar-refractivity contribution in [3.05, 3.63) is 40.4 Å². The summed E-state index contributed by atoms with van der Waals surface area (Å²) in [5.74, 6) is -2.37. The average molecular weight is 485 g/mol. The van der Waals surface area contributed by atoms with Gasteiger partial charge in [-0.3, -0.25) is 0 Å². The minimum Gasteiger partial charge on any atom is -0.505 e. The van der Waals surface area contributed by atoms with Gasteiger partial charge in [0.15, 0.2) is 23.3 Å². The minimum absolute atomic E-state index is 0.154. The van der Waals surface area contributed by atoms with Crippen molar-refractivity contribution in [1.29, 1.82) is 0 Å². The number of ether oxygens (including phenoxy) is 3. The zero-order valence-electron chi connectivity index (χ0n) is 17.8. The molecule has 0 amide bonds. The third-order valence-corrected chi connectivity index (χ3v) is 5.54. The highest BCUT2D eigenvalue weighted by atomic mass is 35.5. The summed E-state index contributed by atoms with van der Waals surface area (Å²) in [6, 6.07) is 3.62. The van der Waals surface area contributed by atoms with E-state index in [0.717, 1.165) is 12.1 Å². The Morgan fingerprint density at radius 3 is 2.76 bits per heavy atom. The number of hydrogen-bond donors (Lipinski definition) is 4. The molecule has 33 heavy (non-hydrogen) atoms. The van der Waals surface area contributed by atoms with Crippen LogP contribution < -0.4 is 10.1 Å². The number of halogens is 3. The van der Waals surface area contributed by atoms with Crippen molar-refractivity contribution in [2.24, 2.45) is 0 Å². The Bertz CT molecular complexity index is 1150. The number of anilines is 1. The maximum atomic E-state index is 14.0. The predicted molar refractivity (Wildman–Crippen MR) is 115 cm³/mol. The summed E-state index contributed by atoms with van der Waals surface area (Å²) >= 11 is 6.23. The molecule has 0 bridgehead atoms. The highest BCUT2D eigenvalue weighted by Gasteiger charge is 2.48. The first-order chi connectivity index (χ1) is 15.9. The van der Waals surface area contributed by atoms with Crippen LogP contribution in [0.1, 0.15) is 19.4 Å². The molecule has 1 aromatic carbocycles. The Morgan fingerprint density at radius 1 is 1.21 bits per heavy atom. The number of H-pyrrole nitrogens is 1. The van der Waals surface area contributed by atoms with E-state index in [1.54, 1.807) is 6.07 Å². The van der Waals surface area contributed by atoms with Gasteiger partial charge >= 0.3 is 0 Å². The third-order valence-electron chi connectivity index (χ3n) is 5.25. The number of imidazole rings is 1. The van der Waals surface area contributed by atoms with E-state index in [9.17, 15) is 19.0 Å². The number of hydrogen-bond acceptors (Lipinski definition) is 8. The van der Waals surface area contributed by atoms with Crippen LogP contribution in [0.15, 0.2) is 18.2 Å². The smallest absolute Gasteiger partial charge is 0.296 e. The van der Waals surface area contributed by atoms with Crippen LogP contribution in [0.2, 0.25) is 5.02 Å². The number of nitrogens with one attached hydrogen (secondary N) is 2. The van der Waals surface area contributed by atoms with E-state index in [0.29, 0.717) is 5.52 Å². The van der Waals surface area contributed by atoms with Crippen LogP contribution in [-0.4, -0.2) is 62.8 Å². The number of nitrogens with zero attached hydrogens (tertiary/aromatic N) is 2. The van der Waals surface area contributed by atoms with Crippen LogP contribution in [0.25, 0.3) is 11.2 Å². The van der Waals surface area contributed by atoms with Gasteiger partial charge in [0.1, 0.15) is 29.9 Å². The molecule has 178 valence electrons. The Kier molecular flexibility index (Phi) is 6.84. The number of aliphatic hydroxyl groups is 1. The second-order valence-corrected chi connectivity index (χ2v) is 7.67.